The minimum absolute atomic E-state index is 0.0657. The van der Waals surface area contributed by atoms with Gasteiger partial charge in [0, 0.05) is 0 Å². The first-order valence-corrected chi connectivity index (χ1v) is 4.66. The molecule has 0 radical (unpaired) electrons. The van der Waals surface area contributed by atoms with Crippen molar-refractivity contribution < 1.29 is 24.2 Å². The maximum Gasteiger partial charge on any atom is 0.338 e. The molecule has 0 heterocycles. The van der Waals surface area contributed by atoms with Crippen LogP contribution < -0.4 is 0 Å². The maximum atomic E-state index is 12.0. The zero-order valence-corrected chi connectivity index (χ0v) is 8.57. The number of esters is 1. The van der Waals surface area contributed by atoms with Gasteiger partial charge in [-0.1, -0.05) is 30.2 Å². The van der Waals surface area contributed by atoms with E-state index in [1.165, 1.54) is 24.3 Å². The molecule has 0 spiro atoms. The first kappa shape index (κ1) is 5.36. The molecule has 0 aromatic heterocycles. The van der Waals surface area contributed by atoms with Crippen LogP contribution in [0.3, 0.4) is 0 Å². The Kier molecular flexibility index (Phi) is 1.63. The van der Waals surface area contributed by atoms with Crippen molar-refractivity contribution in [3.05, 3.63) is 65.6 Å². The molecule has 3 nitrogen and oxygen atoms in total. The second kappa shape index (κ2) is 5.16. The molecule has 2 aromatic rings. The van der Waals surface area contributed by atoms with Crippen LogP contribution in [-0.2, 0) is 11.3 Å². The van der Waals surface area contributed by atoms with Crippen molar-refractivity contribution in [2.45, 2.75) is 6.56 Å². The summed E-state index contributed by atoms with van der Waals surface area (Å²) in [7, 11) is 0. The average Bonchev–Trinajstić information content (AvgIpc) is 2.51. The molecular weight excluding hydrogens is 216 g/mol. The summed E-state index contributed by atoms with van der Waals surface area (Å²) in [4.78, 5) is 12.0. The van der Waals surface area contributed by atoms with Crippen LogP contribution >= 0.6 is 0 Å². The molecule has 86 valence electrons. The Labute approximate surface area is 109 Å². The van der Waals surface area contributed by atoms with Gasteiger partial charge >= 0.3 is 5.97 Å². The lowest BCUT2D eigenvalue weighted by molar-refractivity contribution is 0.0472. The highest BCUT2D eigenvalue weighted by atomic mass is 16.5. The fourth-order valence-electron chi connectivity index (χ4n) is 1.05. The highest BCUT2D eigenvalue weighted by Gasteiger charge is 2.06. The van der Waals surface area contributed by atoms with Crippen LogP contribution in [-0.4, -0.2) is 11.1 Å². The van der Waals surface area contributed by atoms with Crippen LogP contribution in [0.15, 0.2) is 54.5 Å². The van der Waals surface area contributed by atoms with Crippen molar-refractivity contribution in [3.63, 3.8) is 0 Å². The van der Waals surface area contributed by atoms with Crippen LogP contribution in [0, 0.1) is 0 Å². The largest absolute Gasteiger partial charge is 0.508 e. The number of rotatable bonds is 3. The lowest BCUT2D eigenvalue weighted by atomic mass is 10.2. The number of benzene rings is 2. The molecule has 0 saturated heterocycles. The summed E-state index contributed by atoms with van der Waals surface area (Å²) >= 11 is 0. The van der Waals surface area contributed by atoms with Gasteiger partial charge in [0.05, 0.1) is 15.2 Å². The summed E-state index contributed by atoms with van der Waals surface area (Å²) in [6.07, 6.45) is 0. The molecule has 0 saturated carbocycles. The number of carbonyl (C=O) groups excluding carboxylic acids is 1. The summed E-state index contributed by atoms with van der Waals surface area (Å²) in [5.74, 6) is -1.20. The van der Waals surface area contributed by atoms with E-state index in [4.69, 9.17) is 14.3 Å². The smallest absolute Gasteiger partial charge is 0.338 e. The standard InChI is InChI=1S/C14H12O3/c15-13-8-6-12(7-9-13)14(16)17-10-11-4-2-1-3-5-11/h1-9,15H,10H2/i1D,2D,3D,4D,5D,10D2. The van der Waals surface area contributed by atoms with E-state index < -0.39 is 48.3 Å². The van der Waals surface area contributed by atoms with Crippen molar-refractivity contribution in [2.24, 2.45) is 0 Å². The minimum Gasteiger partial charge on any atom is -0.508 e. The van der Waals surface area contributed by atoms with Gasteiger partial charge in [-0.2, -0.15) is 0 Å². The lowest BCUT2D eigenvalue weighted by Crippen LogP contribution is -2.04. The summed E-state index contributed by atoms with van der Waals surface area (Å²) in [6.45, 7) is -2.94. The molecule has 0 fully saturated rings. The zero-order valence-electron chi connectivity index (χ0n) is 15.6. The van der Waals surface area contributed by atoms with Crippen LogP contribution in [0.1, 0.15) is 25.5 Å². The van der Waals surface area contributed by atoms with Crippen LogP contribution in [0.2, 0.25) is 0 Å². The van der Waals surface area contributed by atoms with Crippen LogP contribution in [0.5, 0.6) is 5.75 Å². The normalized spacial score (nSPS) is 16.6. The molecular formula is C14H12O3. The van der Waals surface area contributed by atoms with Crippen molar-refractivity contribution in [3.8, 4) is 5.75 Å². The van der Waals surface area contributed by atoms with E-state index in [9.17, 15) is 9.90 Å². The van der Waals surface area contributed by atoms with Gasteiger partial charge in [0.2, 0.25) is 0 Å². The highest BCUT2D eigenvalue weighted by Crippen LogP contribution is 2.11. The zero-order chi connectivity index (χ0) is 18.2. The van der Waals surface area contributed by atoms with E-state index in [1.54, 1.807) is 0 Å². The number of hydrogen-bond acceptors (Lipinski definition) is 3. The van der Waals surface area contributed by atoms with Gasteiger partial charge in [-0.15, -0.1) is 0 Å². The van der Waals surface area contributed by atoms with Crippen molar-refractivity contribution in [2.75, 3.05) is 0 Å². The third-order valence-corrected chi connectivity index (χ3v) is 1.85. The second-order valence-electron chi connectivity index (χ2n) is 3.04. The van der Waals surface area contributed by atoms with Crippen LogP contribution in [0.4, 0.5) is 0 Å². The predicted octanol–water partition coefficient (Wildman–Crippen LogP) is 2.75. The van der Waals surface area contributed by atoms with Gasteiger partial charge in [-0.05, 0) is 29.8 Å². The van der Waals surface area contributed by atoms with E-state index in [-0.39, 0.29) is 11.3 Å². The topological polar surface area (TPSA) is 46.5 Å². The molecule has 2 aromatic carbocycles. The van der Waals surface area contributed by atoms with Crippen molar-refractivity contribution in [1.29, 1.82) is 0 Å². The first-order valence-electron chi connectivity index (χ1n) is 8.16. The third kappa shape index (κ3) is 3.08. The molecule has 0 aliphatic heterocycles. The predicted molar refractivity (Wildman–Crippen MR) is 63.7 cm³/mol. The number of phenols is 1. The SMILES string of the molecule is [2H]c1c([2H])c([2H])c(C([2H])([2H])OC(=O)c2ccc(O)cc2)c([2H])c1[2H]. The minimum atomic E-state index is -2.94. The van der Waals surface area contributed by atoms with E-state index in [2.05, 4.69) is 0 Å². The molecule has 0 unspecified atom stereocenters. The summed E-state index contributed by atoms with van der Waals surface area (Å²) in [5.41, 5.74) is -0.829. The fraction of sp³-hybridized carbons (Fsp3) is 0.0714. The van der Waals surface area contributed by atoms with Gasteiger partial charge in [0.25, 0.3) is 0 Å². The molecule has 0 aliphatic rings. The van der Waals surface area contributed by atoms with Gasteiger partial charge in [0.15, 0.2) is 0 Å². The molecule has 0 amide bonds. The number of aromatic hydroxyl groups is 1. The number of hydrogen-bond donors (Lipinski definition) is 1. The molecule has 2 rings (SSSR count). The molecule has 0 atom stereocenters. The van der Waals surface area contributed by atoms with Crippen molar-refractivity contribution in [1.82, 2.24) is 0 Å². The summed E-state index contributed by atoms with van der Waals surface area (Å²) in [6, 6.07) is 1.12. The monoisotopic (exact) mass is 235 g/mol. The molecule has 3 heteroatoms. The Balaban J connectivity index is 2.44. The maximum absolute atomic E-state index is 12.0. The van der Waals surface area contributed by atoms with Gasteiger partial charge in [0.1, 0.15) is 12.3 Å². The van der Waals surface area contributed by atoms with Gasteiger partial charge in [-0.3, -0.25) is 0 Å². The molecule has 17 heavy (non-hydrogen) atoms. The van der Waals surface area contributed by atoms with E-state index in [0.29, 0.717) is 0 Å². The number of ether oxygens (including phenoxy) is 1. The second-order valence-corrected chi connectivity index (χ2v) is 3.04. The number of carbonyl (C=O) groups is 1. The Morgan fingerprint density at radius 1 is 1.24 bits per heavy atom. The lowest BCUT2D eigenvalue weighted by Gasteiger charge is -2.04. The van der Waals surface area contributed by atoms with E-state index >= 15 is 0 Å². The van der Waals surface area contributed by atoms with Gasteiger partial charge in [-0.25, -0.2) is 4.79 Å². The Morgan fingerprint density at radius 3 is 2.53 bits per heavy atom. The first-order chi connectivity index (χ1) is 11.1. The Bertz CT molecular complexity index is 774. The van der Waals surface area contributed by atoms with Gasteiger partial charge < -0.3 is 9.84 Å². The summed E-state index contributed by atoms with van der Waals surface area (Å²) in [5, 5.41) is 9.17. The Morgan fingerprint density at radius 2 is 1.88 bits per heavy atom. The average molecular weight is 235 g/mol. The quantitative estimate of drug-likeness (QED) is 0.832. The fourth-order valence-corrected chi connectivity index (χ4v) is 1.05. The Hall–Kier alpha value is -2.29. The molecule has 0 aliphatic carbocycles. The summed E-state index contributed by atoms with van der Waals surface area (Å²) < 4.78 is 58.4. The van der Waals surface area contributed by atoms with E-state index in [0.717, 1.165) is 0 Å². The third-order valence-electron chi connectivity index (χ3n) is 1.85. The number of phenolic OH excluding ortho intramolecular Hbond substituents is 1. The molecule has 1 N–H and O–H groups in total. The molecule has 0 bridgehead atoms. The van der Waals surface area contributed by atoms with E-state index in [1.807, 2.05) is 0 Å². The highest BCUT2D eigenvalue weighted by molar-refractivity contribution is 5.89. The van der Waals surface area contributed by atoms with Crippen molar-refractivity contribution >= 4 is 5.97 Å². The van der Waals surface area contributed by atoms with Crippen LogP contribution in [0.25, 0.3) is 0 Å².